The molecule has 0 saturated heterocycles. The Morgan fingerprint density at radius 1 is 1.28 bits per heavy atom. The molecule has 1 N–H and O–H groups in total. The van der Waals surface area contributed by atoms with Crippen molar-refractivity contribution in [3.63, 3.8) is 0 Å². The van der Waals surface area contributed by atoms with Gasteiger partial charge in [0.05, 0.1) is 20.1 Å². The van der Waals surface area contributed by atoms with E-state index in [0.29, 0.717) is 0 Å². The first-order valence-electron chi connectivity index (χ1n) is 5.43. The predicted octanol–water partition coefficient (Wildman–Crippen LogP) is 3.30. The number of anilines is 1. The molecule has 3 rings (SSSR count). The molecule has 5 heteroatoms. The van der Waals surface area contributed by atoms with Gasteiger partial charge in [0, 0.05) is 5.56 Å². The van der Waals surface area contributed by atoms with Crippen LogP contribution in [-0.4, -0.2) is 18.2 Å². The van der Waals surface area contributed by atoms with E-state index in [1.807, 2.05) is 36.4 Å². The van der Waals surface area contributed by atoms with Crippen LogP contribution in [0.2, 0.25) is 0 Å². The molecule has 1 amide bonds. The first kappa shape index (κ1) is 11.6. The highest BCUT2D eigenvalue weighted by Gasteiger charge is 2.20. The molecular weight excluding hydrogens is 312 g/mol. The molecule has 0 atom stereocenters. The van der Waals surface area contributed by atoms with Crippen molar-refractivity contribution in [2.24, 2.45) is 4.99 Å². The topological polar surface area (TPSA) is 41.5 Å². The molecule has 0 unspecified atom stereocenters. The van der Waals surface area contributed by atoms with Crippen LogP contribution in [0.4, 0.5) is 5.69 Å². The van der Waals surface area contributed by atoms with E-state index in [-0.39, 0.29) is 12.5 Å². The van der Waals surface area contributed by atoms with Gasteiger partial charge >= 0.3 is 0 Å². The van der Waals surface area contributed by atoms with Gasteiger partial charge in [0.1, 0.15) is 6.54 Å². The van der Waals surface area contributed by atoms with Gasteiger partial charge in [-0.3, -0.25) is 9.79 Å². The van der Waals surface area contributed by atoms with Gasteiger partial charge in [0.2, 0.25) is 5.91 Å². The summed E-state index contributed by atoms with van der Waals surface area (Å²) in [6.07, 6.45) is 0. The average molecular weight is 321 g/mol. The number of aliphatic imine (C=N–C) groups is 1. The second-order valence-electron chi connectivity index (χ2n) is 3.87. The minimum absolute atomic E-state index is 0.0764. The van der Waals surface area contributed by atoms with Gasteiger partial charge in [-0.2, -0.15) is 0 Å². The zero-order valence-electron chi connectivity index (χ0n) is 9.31. The summed E-state index contributed by atoms with van der Waals surface area (Å²) in [5, 5.41) is 2.87. The summed E-state index contributed by atoms with van der Waals surface area (Å²) in [5.74, 6) is -0.0764. The highest BCUT2D eigenvalue weighted by Crippen LogP contribution is 2.34. The van der Waals surface area contributed by atoms with Crippen molar-refractivity contribution in [1.29, 1.82) is 0 Å². The van der Waals surface area contributed by atoms with Crippen molar-refractivity contribution >= 4 is 44.6 Å². The second-order valence-corrected chi connectivity index (χ2v) is 6.30. The number of hydrogen-bond acceptors (Lipinski definition) is 3. The number of carbonyl (C=O) groups excluding carboxylic acids is 1. The fourth-order valence-electron chi connectivity index (χ4n) is 1.86. The van der Waals surface area contributed by atoms with E-state index in [4.69, 9.17) is 0 Å². The summed E-state index contributed by atoms with van der Waals surface area (Å²) in [7, 11) is 0. The Kier molecular flexibility index (Phi) is 3.01. The minimum Gasteiger partial charge on any atom is -0.323 e. The lowest BCUT2D eigenvalue weighted by Gasteiger charge is -2.04. The number of thiophene rings is 1. The maximum Gasteiger partial charge on any atom is 0.246 e. The van der Waals surface area contributed by atoms with Crippen LogP contribution in [0, 0.1) is 0 Å². The molecule has 0 spiro atoms. The number of rotatable bonds is 1. The Labute approximate surface area is 117 Å². The molecule has 18 heavy (non-hydrogen) atoms. The molecule has 0 fully saturated rings. The zero-order chi connectivity index (χ0) is 12.5. The molecule has 0 aliphatic carbocycles. The highest BCUT2D eigenvalue weighted by molar-refractivity contribution is 9.11. The number of nitrogens with one attached hydrogen (secondary N) is 1. The van der Waals surface area contributed by atoms with E-state index in [1.165, 1.54) is 0 Å². The van der Waals surface area contributed by atoms with Crippen LogP contribution < -0.4 is 5.32 Å². The average Bonchev–Trinajstić information content (AvgIpc) is 2.64. The molecule has 0 saturated carbocycles. The van der Waals surface area contributed by atoms with E-state index in [9.17, 15) is 4.79 Å². The molecule has 0 radical (unpaired) electrons. The van der Waals surface area contributed by atoms with Crippen LogP contribution in [0.5, 0.6) is 0 Å². The number of halogens is 1. The molecule has 90 valence electrons. The van der Waals surface area contributed by atoms with Crippen LogP contribution in [0.25, 0.3) is 0 Å². The second kappa shape index (κ2) is 4.66. The van der Waals surface area contributed by atoms with Crippen molar-refractivity contribution in [2.45, 2.75) is 0 Å². The lowest BCUT2D eigenvalue weighted by atomic mass is 10.1. The van der Waals surface area contributed by atoms with Crippen molar-refractivity contribution in [2.75, 3.05) is 11.9 Å². The van der Waals surface area contributed by atoms with Crippen LogP contribution in [0.15, 0.2) is 45.2 Å². The van der Waals surface area contributed by atoms with Crippen molar-refractivity contribution < 1.29 is 4.79 Å². The standard InChI is InChI=1S/C13H9BrN2OS/c14-10-6-9-13(18-10)12(15-7-11(17)16-9)8-4-2-1-3-5-8/h1-6H,7H2,(H,16,17). The molecular formula is C13H9BrN2OS. The fraction of sp³-hybridized carbons (Fsp3) is 0.0769. The van der Waals surface area contributed by atoms with Crippen molar-refractivity contribution in [3.8, 4) is 0 Å². The molecule has 1 aliphatic rings. The van der Waals surface area contributed by atoms with Crippen LogP contribution in [0.3, 0.4) is 0 Å². The Morgan fingerprint density at radius 3 is 2.83 bits per heavy atom. The third-order valence-electron chi connectivity index (χ3n) is 2.62. The van der Waals surface area contributed by atoms with Crippen molar-refractivity contribution in [1.82, 2.24) is 0 Å². The zero-order valence-corrected chi connectivity index (χ0v) is 11.7. The first-order chi connectivity index (χ1) is 8.74. The summed E-state index contributed by atoms with van der Waals surface area (Å²) < 4.78 is 0.985. The lowest BCUT2D eigenvalue weighted by Crippen LogP contribution is -2.12. The van der Waals surface area contributed by atoms with E-state index < -0.39 is 0 Å². The number of benzene rings is 1. The first-order valence-corrected chi connectivity index (χ1v) is 7.04. The van der Waals surface area contributed by atoms with Gasteiger partial charge in [0.15, 0.2) is 0 Å². The molecule has 0 bridgehead atoms. The lowest BCUT2D eigenvalue weighted by molar-refractivity contribution is -0.114. The van der Waals surface area contributed by atoms with E-state index in [0.717, 1.165) is 25.6 Å². The number of hydrogen-bond donors (Lipinski definition) is 1. The third kappa shape index (κ3) is 2.11. The molecule has 1 aliphatic heterocycles. The Hall–Kier alpha value is -1.46. The van der Waals surface area contributed by atoms with Crippen LogP contribution in [-0.2, 0) is 4.79 Å². The van der Waals surface area contributed by atoms with Gasteiger partial charge < -0.3 is 5.32 Å². The number of carbonyl (C=O) groups is 1. The normalized spacial score (nSPS) is 14.5. The Morgan fingerprint density at radius 2 is 2.06 bits per heavy atom. The van der Waals surface area contributed by atoms with E-state index >= 15 is 0 Å². The molecule has 2 heterocycles. The molecule has 2 aromatic rings. The maximum atomic E-state index is 11.6. The quantitative estimate of drug-likeness (QED) is 0.860. The largest absolute Gasteiger partial charge is 0.323 e. The van der Waals surface area contributed by atoms with Crippen LogP contribution in [0.1, 0.15) is 10.4 Å². The smallest absolute Gasteiger partial charge is 0.246 e. The van der Waals surface area contributed by atoms with Gasteiger partial charge in [-0.05, 0) is 22.0 Å². The number of amides is 1. The number of fused-ring (bicyclic) bond motifs is 1. The Bertz CT molecular complexity index is 634. The summed E-state index contributed by atoms with van der Waals surface area (Å²) in [5.41, 5.74) is 2.74. The highest BCUT2D eigenvalue weighted by atomic mass is 79.9. The van der Waals surface area contributed by atoms with E-state index in [2.05, 4.69) is 26.2 Å². The maximum absolute atomic E-state index is 11.6. The number of nitrogens with zero attached hydrogens (tertiary/aromatic N) is 1. The van der Waals surface area contributed by atoms with Gasteiger partial charge in [-0.15, -0.1) is 11.3 Å². The van der Waals surface area contributed by atoms with Gasteiger partial charge in [-0.25, -0.2) is 0 Å². The third-order valence-corrected chi connectivity index (χ3v) is 4.26. The summed E-state index contributed by atoms with van der Waals surface area (Å²) >= 11 is 5.03. The Balaban J connectivity index is 2.16. The monoisotopic (exact) mass is 320 g/mol. The summed E-state index contributed by atoms with van der Waals surface area (Å²) in [4.78, 5) is 17.0. The minimum atomic E-state index is -0.0764. The molecule has 1 aromatic carbocycles. The van der Waals surface area contributed by atoms with Gasteiger partial charge in [0.25, 0.3) is 0 Å². The van der Waals surface area contributed by atoms with Crippen LogP contribution >= 0.6 is 27.3 Å². The fourth-order valence-corrected chi connectivity index (χ4v) is 3.45. The van der Waals surface area contributed by atoms with Crippen molar-refractivity contribution in [3.05, 3.63) is 50.6 Å². The SMILES string of the molecule is O=C1CN=C(c2ccccc2)c2sc(Br)cc2N1. The summed E-state index contributed by atoms with van der Waals surface area (Å²) in [6, 6.07) is 11.8. The predicted molar refractivity (Wildman–Crippen MR) is 77.6 cm³/mol. The summed E-state index contributed by atoms with van der Waals surface area (Å²) in [6.45, 7) is 0.170. The molecule has 3 nitrogen and oxygen atoms in total. The van der Waals surface area contributed by atoms with Gasteiger partial charge in [-0.1, -0.05) is 30.3 Å². The molecule has 1 aromatic heterocycles. The van der Waals surface area contributed by atoms with E-state index in [1.54, 1.807) is 11.3 Å².